The number of carbonyl (C=O) groups excluding carboxylic acids is 2. The Bertz CT molecular complexity index is 1250. The number of rotatable bonds is 55. The molecule has 3 atom stereocenters. The first-order valence-corrected chi connectivity index (χ1v) is 31.7. The maximum absolute atomic E-state index is 13.5. The molecule has 0 aliphatic rings. The molecule has 1 amide bonds. The minimum Gasteiger partial charge on any atom is -0.456 e. The number of esters is 1. The molecule has 9 nitrogen and oxygen atoms in total. The van der Waals surface area contributed by atoms with Gasteiger partial charge in [-0.3, -0.25) is 18.6 Å². The van der Waals surface area contributed by atoms with E-state index in [4.69, 9.17) is 13.8 Å². The smallest absolute Gasteiger partial charge is 0.456 e. The molecule has 0 saturated heterocycles. The van der Waals surface area contributed by atoms with Crippen molar-refractivity contribution in [2.45, 2.75) is 309 Å². The van der Waals surface area contributed by atoms with Crippen molar-refractivity contribution in [3.63, 3.8) is 0 Å². The first kappa shape index (κ1) is 68.5. The number of amides is 1. The Hall–Kier alpha value is -1.51. The fraction of sp³-hybridized carbons (Fsp3) is 0.900. The normalized spacial score (nSPS) is 13.9. The summed E-state index contributed by atoms with van der Waals surface area (Å²) in [6.45, 7) is 7.04. The molecule has 0 aliphatic heterocycles. The molecule has 0 rings (SSSR count). The molecule has 0 heterocycles. The first-order chi connectivity index (χ1) is 33.9. The Morgan fingerprint density at radius 3 is 1.21 bits per heavy atom. The maximum Gasteiger partial charge on any atom is 0.472 e. The lowest BCUT2D eigenvalue weighted by molar-refractivity contribution is -0.870. The summed E-state index contributed by atoms with van der Waals surface area (Å²) in [4.78, 5) is 37.6. The molecular formula is C60H118N2O7P+. The van der Waals surface area contributed by atoms with Crippen molar-refractivity contribution in [3.05, 3.63) is 24.3 Å². The molecule has 414 valence electrons. The second-order valence-corrected chi connectivity index (χ2v) is 23.3. The average Bonchev–Trinajstić information content (AvgIpc) is 3.32. The van der Waals surface area contributed by atoms with Gasteiger partial charge in [-0.2, -0.15) is 0 Å². The number of phosphoric acid groups is 1. The number of phosphoric ester groups is 1. The van der Waals surface area contributed by atoms with Crippen LogP contribution < -0.4 is 5.32 Å². The molecule has 0 aromatic carbocycles. The second kappa shape index (κ2) is 51.0. The summed E-state index contributed by atoms with van der Waals surface area (Å²) in [5, 5.41) is 3.06. The largest absolute Gasteiger partial charge is 0.472 e. The van der Waals surface area contributed by atoms with E-state index < -0.39 is 20.0 Å². The molecule has 10 heteroatoms. The number of hydrogen-bond donors (Lipinski definition) is 2. The number of quaternary nitrogens is 1. The van der Waals surface area contributed by atoms with Crippen molar-refractivity contribution >= 4 is 19.7 Å². The fourth-order valence-electron chi connectivity index (χ4n) is 8.94. The lowest BCUT2D eigenvalue weighted by Crippen LogP contribution is -2.47. The summed E-state index contributed by atoms with van der Waals surface area (Å²) >= 11 is 0. The number of likely N-dealkylation sites (N-methyl/N-ethyl adjacent to an activating group) is 1. The van der Waals surface area contributed by atoms with Crippen LogP contribution in [0.2, 0.25) is 0 Å². The average molecular weight is 1010 g/mol. The molecular weight excluding hydrogens is 892 g/mol. The Morgan fingerprint density at radius 1 is 0.486 bits per heavy atom. The third-order valence-corrected chi connectivity index (χ3v) is 14.6. The topological polar surface area (TPSA) is 111 Å². The predicted molar refractivity (Wildman–Crippen MR) is 300 cm³/mol. The van der Waals surface area contributed by atoms with E-state index in [0.717, 1.165) is 57.8 Å². The molecule has 0 radical (unpaired) electrons. The van der Waals surface area contributed by atoms with Crippen LogP contribution in [0.1, 0.15) is 297 Å². The van der Waals surface area contributed by atoms with Crippen LogP contribution in [0, 0.1) is 0 Å². The minimum absolute atomic E-state index is 0.0430. The zero-order valence-corrected chi connectivity index (χ0v) is 48.2. The van der Waals surface area contributed by atoms with Crippen molar-refractivity contribution in [2.24, 2.45) is 0 Å². The van der Waals surface area contributed by atoms with Crippen LogP contribution in [0.4, 0.5) is 0 Å². The summed E-state index contributed by atoms with van der Waals surface area (Å²) in [6, 6.07) is -0.843. The number of nitrogens with zero attached hydrogens (tertiary/aromatic N) is 1. The van der Waals surface area contributed by atoms with E-state index in [1.165, 1.54) is 205 Å². The van der Waals surface area contributed by atoms with Gasteiger partial charge in [-0.05, 0) is 57.4 Å². The lowest BCUT2D eigenvalue weighted by atomic mass is 10.0. The Morgan fingerprint density at radius 2 is 0.829 bits per heavy atom. The molecule has 0 aromatic heterocycles. The molecule has 0 fully saturated rings. The highest BCUT2D eigenvalue weighted by Crippen LogP contribution is 2.43. The first-order valence-electron chi connectivity index (χ1n) is 30.2. The van der Waals surface area contributed by atoms with Crippen LogP contribution >= 0.6 is 7.82 Å². The van der Waals surface area contributed by atoms with Crippen LogP contribution in [0.25, 0.3) is 0 Å². The third kappa shape index (κ3) is 51.4. The quantitative estimate of drug-likeness (QED) is 0.0205. The number of nitrogens with one attached hydrogen (secondary N) is 1. The fourth-order valence-corrected chi connectivity index (χ4v) is 9.67. The summed E-state index contributed by atoms with van der Waals surface area (Å²) in [6.07, 6.45) is 58.8. The summed E-state index contributed by atoms with van der Waals surface area (Å²) in [5.74, 6) is -0.496. The predicted octanol–water partition coefficient (Wildman–Crippen LogP) is 18.2. The summed E-state index contributed by atoms with van der Waals surface area (Å²) < 4.78 is 30.7. The van der Waals surface area contributed by atoms with Gasteiger partial charge in [0.15, 0.2) is 0 Å². The van der Waals surface area contributed by atoms with Crippen molar-refractivity contribution in [2.75, 3.05) is 40.9 Å². The molecule has 3 unspecified atom stereocenters. The van der Waals surface area contributed by atoms with Gasteiger partial charge in [0.25, 0.3) is 0 Å². The van der Waals surface area contributed by atoms with Crippen molar-refractivity contribution < 1.29 is 37.3 Å². The van der Waals surface area contributed by atoms with Crippen LogP contribution in [0.5, 0.6) is 0 Å². The Kier molecular flexibility index (Phi) is 49.9. The van der Waals surface area contributed by atoms with E-state index in [-0.39, 0.29) is 25.1 Å². The van der Waals surface area contributed by atoms with Crippen molar-refractivity contribution in [1.82, 2.24) is 5.32 Å². The summed E-state index contributed by atoms with van der Waals surface area (Å²) in [5.41, 5.74) is 0. The molecule has 0 bridgehead atoms. The molecule has 0 saturated carbocycles. The minimum atomic E-state index is -4.44. The van der Waals surface area contributed by atoms with E-state index in [1.54, 1.807) is 0 Å². The van der Waals surface area contributed by atoms with Crippen molar-refractivity contribution in [3.8, 4) is 0 Å². The van der Waals surface area contributed by atoms with Gasteiger partial charge >= 0.3 is 13.8 Å². The van der Waals surface area contributed by atoms with Gasteiger partial charge in [0.1, 0.15) is 19.3 Å². The molecule has 0 aliphatic carbocycles. The number of ether oxygens (including phenoxy) is 1. The summed E-state index contributed by atoms with van der Waals surface area (Å²) in [7, 11) is 1.51. The second-order valence-electron chi connectivity index (χ2n) is 21.9. The zero-order chi connectivity index (χ0) is 51.5. The highest BCUT2D eigenvalue weighted by molar-refractivity contribution is 7.47. The van der Waals surface area contributed by atoms with E-state index in [2.05, 4.69) is 38.2 Å². The van der Waals surface area contributed by atoms with Gasteiger partial charge in [0.05, 0.1) is 33.8 Å². The van der Waals surface area contributed by atoms with Crippen molar-refractivity contribution in [1.29, 1.82) is 0 Å². The standard InChI is InChI=1S/C60H117N2O7P/c1-7-10-13-16-19-22-25-28-30-31-33-35-38-41-44-47-50-53-60(64)69-58(51-48-45-42-39-36-27-24-21-18-15-12-9-3)57(56-68-70(65,66)67-55-54-62(4,5)6)61-59(63)52-49-46-43-40-37-34-32-29-26-23-20-17-14-11-8-2/h28,30,48,51,57-58H,7-27,29,31-47,49-50,52-56H2,1-6H3,(H-,61,63,65,66)/p+1/b30-28+,51-48+. The van der Waals surface area contributed by atoms with E-state index in [1.807, 2.05) is 33.3 Å². The van der Waals surface area contributed by atoms with Crippen LogP contribution in [0.15, 0.2) is 24.3 Å². The molecule has 70 heavy (non-hydrogen) atoms. The number of allylic oxidation sites excluding steroid dienone is 3. The van der Waals surface area contributed by atoms with Gasteiger partial charge in [0.2, 0.25) is 5.91 Å². The Labute approximate surface area is 434 Å². The third-order valence-electron chi connectivity index (χ3n) is 13.6. The maximum atomic E-state index is 13.5. The zero-order valence-electron chi connectivity index (χ0n) is 47.3. The number of hydrogen-bond acceptors (Lipinski definition) is 6. The lowest BCUT2D eigenvalue weighted by Gasteiger charge is -2.27. The van der Waals surface area contributed by atoms with Crippen LogP contribution in [0.3, 0.4) is 0 Å². The molecule has 2 N–H and O–H groups in total. The van der Waals surface area contributed by atoms with E-state index in [9.17, 15) is 19.0 Å². The van der Waals surface area contributed by atoms with Gasteiger partial charge < -0.3 is 19.4 Å². The highest BCUT2D eigenvalue weighted by atomic mass is 31.2. The number of carbonyl (C=O) groups is 2. The molecule has 0 aromatic rings. The van der Waals surface area contributed by atoms with E-state index >= 15 is 0 Å². The highest BCUT2D eigenvalue weighted by Gasteiger charge is 2.30. The van der Waals surface area contributed by atoms with Gasteiger partial charge in [-0.25, -0.2) is 4.57 Å². The van der Waals surface area contributed by atoms with E-state index in [0.29, 0.717) is 23.9 Å². The van der Waals surface area contributed by atoms with Crippen LogP contribution in [-0.4, -0.2) is 74.3 Å². The van der Waals surface area contributed by atoms with Crippen LogP contribution in [-0.2, 0) is 27.9 Å². The number of unbranched alkanes of at least 4 members (excludes halogenated alkanes) is 37. The monoisotopic (exact) mass is 1010 g/mol. The van der Waals surface area contributed by atoms with Gasteiger partial charge in [-0.15, -0.1) is 0 Å². The molecule has 0 spiro atoms. The van der Waals surface area contributed by atoms with Gasteiger partial charge in [-0.1, -0.05) is 251 Å². The Balaban J connectivity index is 5.28. The SMILES string of the molecule is CCCCCCCC/C=C/CCCCCCCCCC(=O)OC(/C=C/CCCCCCCCCCCC)C(COP(=O)(O)OCC[N+](C)(C)C)NC(=O)CCCCCCCCCCCCCCCCC. The van der Waals surface area contributed by atoms with Gasteiger partial charge in [0, 0.05) is 12.8 Å².